The molecule has 0 saturated heterocycles. The summed E-state index contributed by atoms with van der Waals surface area (Å²) < 4.78 is 39.3. The maximum atomic E-state index is 12.1. The molecule has 1 N–H and O–H groups in total. The molecule has 19 heavy (non-hydrogen) atoms. The molecule has 1 rings (SSSR count). The molecule has 0 aromatic heterocycles. The van der Waals surface area contributed by atoms with Crippen molar-refractivity contribution in [2.45, 2.75) is 23.6 Å². The van der Waals surface area contributed by atoms with Crippen LogP contribution in [0.1, 0.15) is 12.5 Å². The molecule has 1 aromatic rings. The zero-order valence-electron chi connectivity index (χ0n) is 10.4. The second kappa shape index (κ2) is 7.61. The van der Waals surface area contributed by atoms with Crippen LogP contribution in [0.4, 0.5) is 0 Å². The lowest BCUT2D eigenvalue weighted by molar-refractivity contribution is 0.354. The van der Waals surface area contributed by atoms with Crippen molar-refractivity contribution in [2.75, 3.05) is 12.1 Å². The molecule has 0 heterocycles. The predicted molar refractivity (Wildman–Crippen MR) is 78.1 cm³/mol. The summed E-state index contributed by atoms with van der Waals surface area (Å²) in [4.78, 5) is 9.29. The molecule has 0 aliphatic rings. The molecule has 0 spiro atoms. The van der Waals surface area contributed by atoms with Gasteiger partial charge in [-0.05, 0) is 23.1 Å². The summed E-state index contributed by atoms with van der Waals surface area (Å²) in [6.45, 7) is 3.63. The van der Waals surface area contributed by atoms with Gasteiger partial charge in [-0.25, -0.2) is 4.18 Å². The lowest BCUT2D eigenvalue weighted by Gasteiger charge is -2.10. The van der Waals surface area contributed by atoms with Crippen LogP contribution in [-0.4, -0.2) is 25.4 Å². The first-order valence-corrected chi connectivity index (χ1v) is 10.4. The Hall–Kier alpha value is -0.110. The molecule has 0 bridgehead atoms. The molecule has 1 atom stereocenters. The topological polar surface area (TPSA) is 80.7 Å². The number of aryl methyl sites for hydroxylation is 1. The Morgan fingerprint density at radius 2 is 2.11 bits per heavy atom. The van der Waals surface area contributed by atoms with E-state index in [4.69, 9.17) is 4.89 Å². The van der Waals surface area contributed by atoms with Crippen molar-refractivity contribution in [3.63, 3.8) is 0 Å². The van der Waals surface area contributed by atoms with Gasteiger partial charge >= 0.3 is 18.1 Å². The zero-order valence-corrected chi connectivity index (χ0v) is 13.7. The summed E-state index contributed by atoms with van der Waals surface area (Å²) in [6, 6.07) is 5.12. The van der Waals surface area contributed by atoms with Gasteiger partial charge in [-0.15, -0.1) is 0 Å². The van der Waals surface area contributed by atoms with E-state index in [1.165, 1.54) is 21.6 Å². The third-order valence-electron chi connectivity index (χ3n) is 2.01. The van der Waals surface area contributed by atoms with Crippen LogP contribution in [0.2, 0.25) is 0 Å². The minimum absolute atomic E-state index is 0.0674. The second-order valence-electron chi connectivity index (χ2n) is 3.45. The van der Waals surface area contributed by atoms with Crippen molar-refractivity contribution in [1.29, 1.82) is 0 Å². The molecular weight excluding hydrogens is 327 g/mol. The van der Waals surface area contributed by atoms with Gasteiger partial charge in [0.25, 0.3) is 6.35 Å². The highest BCUT2D eigenvalue weighted by molar-refractivity contribution is 8.76. The Labute approximate surface area is 121 Å². The van der Waals surface area contributed by atoms with E-state index in [1.54, 1.807) is 25.1 Å². The van der Waals surface area contributed by atoms with Gasteiger partial charge < -0.3 is 0 Å². The Balaban J connectivity index is 3.12. The fourth-order valence-electron chi connectivity index (χ4n) is 1.31. The van der Waals surface area contributed by atoms with Crippen LogP contribution in [0, 0.1) is 6.92 Å². The van der Waals surface area contributed by atoms with Crippen molar-refractivity contribution < 1.29 is 22.1 Å². The summed E-state index contributed by atoms with van der Waals surface area (Å²) in [5, 5.41) is 0. The van der Waals surface area contributed by atoms with Crippen LogP contribution in [0.25, 0.3) is 0 Å². The van der Waals surface area contributed by atoms with Crippen molar-refractivity contribution >= 4 is 39.7 Å². The zero-order chi connectivity index (χ0) is 14.5. The molecule has 1 aromatic carbocycles. The highest BCUT2D eigenvalue weighted by atomic mass is 33.1. The van der Waals surface area contributed by atoms with E-state index >= 15 is 0 Å². The molecule has 9 heteroatoms. The molecule has 0 fully saturated rings. The molecule has 0 amide bonds. The highest BCUT2D eigenvalue weighted by Crippen LogP contribution is 2.37. The van der Waals surface area contributed by atoms with Crippen LogP contribution < -0.4 is 0 Å². The summed E-state index contributed by atoms with van der Waals surface area (Å²) in [5.41, 5.74) is 0.551. The standard InChI is InChI=1S/C10H13O5PS3/c1-3-17-18-9-6-4-5-8(2)10(9)19(13,14)15-7-16(11)12/h4-6H,3,7H2,1-2H3/p+1. The largest absolute Gasteiger partial charge is 0.535 e. The summed E-state index contributed by atoms with van der Waals surface area (Å²) in [7, 11) is -3.82. The van der Waals surface area contributed by atoms with Crippen molar-refractivity contribution in [2.24, 2.45) is 0 Å². The quantitative estimate of drug-likeness (QED) is 0.463. The number of benzene rings is 1. The molecule has 1 unspecified atom stereocenters. The molecule has 0 aliphatic carbocycles. The second-order valence-corrected chi connectivity index (χ2v) is 8.59. The highest BCUT2D eigenvalue weighted by Gasteiger charge is 2.26. The summed E-state index contributed by atoms with van der Waals surface area (Å²) >= 11 is 0. The van der Waals surface area contributed by atoms with Crippen LogP contribution in [-0.2, 0) is 18.9 Å². The minimum atomic E-state index is -4.03. The van der Waals surface area contributed by atoms with E-state index in [-0.39, 0.29) is 4.90 Å². The first-order valence-electron chi connectivity index (χ1n) is 5.30. The van der Waals surface area contributed by atoms with E-state index in [1.807, 2.05) is 6.92 Å². The van der Waals surface area contributed by atoms with Gasteiger partial charge in [0, 0.05) is 10.6 Å². The average molecular weight is 341 g/mol. The third-order valence-corrected chi connectivity index (χ3v) is 6.61. The van der Waals surface area contributed by atoms with E-state index < -0.39 is 24.5 Å². The number of hydrogen-bond acceptors (Lipinski definition) is 6. The van der Waals surface area contributed by atoms with Gasteiger partial charge in [0.15, 0.2) is 0 Å². The maximum absolute atomic E-state index is 12.1. The normalized spacial score (nSPS) is 12.5. The Morgan fingerprint density at radius 3 is 2.68 bits per heavy atom. The average Bonchev–Trinajstić information content (AvgIpc) is 2.33. The molecule has 106 valence electrons. The lowest BCUT2D eigenvalue weighted by atomic mass is 10.2. The third kappa shape index (κ3) is 5.06. The molecular formula is C10H14O5PS3+. The van der Waals surface area contributed by atoms with Crippen molar-refractivity contribution in [1.82, 2.24) is 0 Å². The molecule has 5 nitrogen and oxygen atoms in total. The molecule has 0 aliphatic heterocycles. The summed E-state index contributed by atoms with van der Waals surface area (Å²) in [6.07, 6.45) is -0.725. The van der Waals surface area contributed by atoms with Crippen molar-refractivity contribution in [3.05, 3.63) is 23.8 Å². The lowest BCUT2D eigenvalue weighted by Crippen LogP contribution is -2.09. The van der Waals surface area contributed by atoms with Gasteiger partial charge in [-0.2, -0.15) is 13.3 Å². The van der Waals surface area contributed by atoms with E-state index in [9.17, 15) is 13.0 Å². The van der Waals surface area contributed by atoms with E-state index in [0.29, 0.717) is 10.5 Å². The smallest absolute Gasteiger partial charge is 0.213 e. The monoisotopic (exact) mass is 341 g/mol. The Bertz CT molecular complexity index is 558. The predicted octanol–water partition coefficient (Wildman–Crippen LogP) is 3.15. The number of rotatable bonds is 7. The van der Waals surface area contributed by atoms with Gasteiger partial charge in [-0.3, -0.25) is 0 Å². The first-order chi connectivity index (χ1) is 8.88. The maximum Gasteiger partial charge on any atom is 0.535 e. The Kier molecular flexibility index (Phi) is 6.79. The first kappa shape index (κ1) is 16.9. The summed E-state index contributed by atoms with van der Waals surface area (Å²) in [5.74, 6) is 0.835. The number of hydrogen-bond donors (Lipinski definition) is 1. The van der Waals surface area contributed by atoms with E-state index in [0.717, 1.165) is 5.75 Å². The molecule has 0 radical (unpaired) electrons. The van der Waals surface area contributed by atoms with Crippen LogP contribution in [0.3, 0.4) is 0 Å². The van der Waals surface area contributed by atoms with Gasteiger partial charge in [0.1, 0.15) is 4.90 Å². The van der Waals surface area contributed by atoms with Crippen LogP contribution in [0.15, 0.2) is 28.0 Å². The fourth-order valence-corrected chi connectivity index (χ4v) is 5.47. The van der Waals surface area contributed by atoms with Gasteiger partial charge in [0.2, 0.25) is 0 Å². The fraction of sp³-hybridized carbons (Fsp3) is 0.400. The van der Waals surface area contributed by atoms with Crippen molar-refractivity contribution in [3.8, 4) is 0 Å². The van der Waals surface area contributed by atoms with E-state index in [2.05, 4.69) is 4.18 Å². The minimum Gasteiger partial charge on any atom is -0.213 e. The Morgan fingerprint density at radius 1 is 1.42 bits per heavy atom. The SMILES string of the molecule is CCSSc1cccc(C)c1S(=O)(=O)OC[P+](=O)O. The van der Waals surface area contributed by atoms with Gasteiger partial charge in [-0.1, -0.05) is 40.6 Å². The van der Waals surface area contributed by atoms with Crippen LogP contribution >= 0.6 is 29.6 Å². The van der Waals surface area contributed by atoms with Gasteiger partial charge in [0.05, 0.1) is 0 Å². The molecule has 0 saturated carbocycles. The van der Waals surface area contributed by atoms with Crippen LogP contribution in [0.5, 0.6) is 0 Å².